The van der Waals surface area contributed by atoms with Crippen LogP contribution in [0.15, 0.2) is 24.3 Å². The minimum atomic E-state index is -4.33. The highest BCUT2D eigenvalue weighted by molar-refractivity contribution is 5.79. The lowest BCUT2D eigenvalue weighted by Crippen LogP contribution is -2.41. The van der Waals surface area contributed by atoms with Crippen LogP contribution in [0, 0.1) is 5.92 Å². The predicted molar refractivity (Wildman–Crippen MR) is 73.6 cm³/mol. The van der Waals surface area contributed by atoms with Crippen molar-refractivity contribution in [3.05, 3.63) is 35.4 Å². The first kappa shape index (κ1) is 15.8. The fourth-order valence-electron chi connectivity index (χ4n) is 2.45. The van der Waals surface area contributed by atoms with Gasteiger partial charge in [0.15, 0.2) is 0 Å². The summed E-state index contributed by atoms with van der Waals surface area (Å²) >= 11 is 0. The largest absolute Gasteiger partial charge is 0.416 e. The molecule has 2 atom stereocenters. The van der Waals surface area contributed by atoms with Crippen LogP contribution in [0.3, 0.4) is 0 Å². The Bertz CT molecular complexity index is 479. The van der Waals surface area contributed by atoms with Gasteiger partial charge in [0, 0.05) is 6.54 Å². The molecular weight excluding hydrogens is 281 g/mol. The van der Waals surface area contributed by atoms with E-state index in [1.807, 2.05) is 0 Å². The van der Waals surface area contributed by atoms with E-state index >= 15 is 0 Å². The minimum absolute atomic E-state index is 0.0467. The molecule has 3 nitrogen and oxygen atoms in total. The Morgan fingerprint density at radius 1 is 1.33 bits per heavy atom. The molecule has 21 heavy (non-hydrogen) atoms. The van der Waals surface area contributed by atoms with E-state index in [0.717, 1.165) is 31.5 Å². The van der Waals surface area contributed by atoms with E-state index in [4.69, 9.17) is 0 Å². The van der Waals surface area contributed by atoms with Crippen LogP contribution in [0.1, 0.15) is 36.9 Å². The zero-order chi connectivity index (χ0) is 15.5. The zero-order valence-corrected chi connectivity index (χ0v) is 11.8. The molecule has 1 aromatic rings. The van der Waals surface area contributed by atoms with Crippen molar-refractivity contribution in [3.63, 3.8) is 0 Å². The molecule has 2 rings (SSSR count). The molecule has 6 heteroatoms. The lowest BCUT2D eigenvalue weighted by atomic mass is 9.97. The standard InChI is InChI=1S/C15H19F3N2O/c1-10(20-14(21)12-3-2-8-19-9-12)11-4-6-13(7-5-11)15(16,17)18/h4-7,10,12,19H,2-3,8-9H2,1H3,(H,20,21). The molecule has 1 saturated heterocycles. The number of piperidine rings is 1. The number of rotatable bonds is 3. The average molecular weight is 300 g/mol. The van der Waals surface area contributed by atoms with Crippen molar-refractivity contribution in [3.8, 4) is 0 Å². The molecule has 0 spiro atoms. The topological polar surface area (TPSA) is 41.1 Å². The van der Waals surface area contributed by atoms with E-state index in [1.54, 1.807) is 6.92 Å². The predicted octanol–water partition coefficient (Wildman–Crippen LogP) is 2.88. The molecule has 0 bridgehead atoms. The fraction of sp³-hybridized carbons (Fsp3) is 0.533. The van der Waals surface area contributed by atoms with Gasteiger partial charge in [-0.1, -0.05) is 12.1 Å². The Kier molecular flexibility index (Phi) is 4.88. The van der Waals surface area contributed by atoms with Gasteiger partial charge in [-0.3, -0.25) is 4.79 Å². The van der Waals surface area contributed by atoms with Crippen molar-refractivity contribution in [1.82, 2.24) is 10.6 Å². The van der Waals surface area contributed by atoms with Gasteiger partial charge in [0.2, 0.25) is 5.91 Å². The summed E-state index contributed by atoms with van der Waals surface area (Å²) in [7, 11) is 0. The third kappa shape index (κ3) is 4.20. The van der Waals surface area contributed by atoms with Crippen LogP contribution in [0.4, 0.5) is 13.2 Å². The first-order valence-electron chi connectivity index (χ1n) is 7.06. The third-order valence-corrected chi connectivity index (χ3v) is 3.76. The van der Waals surface area contributed by atoms with Crippen molar-refractivity contribution in [1.29, 1.82) is 0 Å². The van der Waals surface area contributed by atoms with Gasteiger partial charge >= 0.3 is 6.18 Å². The van der Waals surface area contributed by atoms with Gasteiger partial charge in [-0.05, 0) is 44.0 Å². The molecule has 1 aromatic carbocycles. The van der Waals surface area contributed by atoms with Gasteiger partial charge in [0.1, 0.15) is 0 Å². The SMILES string of the molecule is CC(NC(=O)C1CCCNC1)c1ccc(C(F)(F)F)cc1. The van der Waals surface area contributed by atoms with Crippen LogP contribution in [-0.4, -0.2) is 19.0 Å². The zero-order valence-electron chi connectivity index (χ0n) is 11.8. The normalized spacial score (nSPS) is 20.9. The van der Waals surface area contributed by atoms with Crippen LogP contribution in [-0.2, 0) is 11.0 Å². The number of hydrogen-bond donors (Lipinski definition) is 2. The highest BCUT2D eigenvalue weighted by atomic mass is 19.4. The maximum absolute atomic E-state index is 12.5. The van der Waals surface area contributed by atoms with Crippen LogP contribution >= 0.6 is 0 Å². The highest BCUT2D eigenvalue weighted by Gasteiger charge is 2.30. The highest BCUT2D eigenvalue weighted by Crippen LogP contribution is 2.29. The van der Waals surface area contributed by atoms with Gasteiger partial charge in [0.25, 0.3) is 0 Å². The number of halogens is 3. The number of carbonyl (C=O) groups is 1. The van der Waals surface area contributed by atoms with Gasteiger partial charge in [-0.2, -0.15) is 13.2 Å². The van der Waals surface area contributed by atoms with Crippen molar-refractivity contribution in [2.24, 2.45) is 5.92 Å². The molecule has 1 fully saturated rings. The lowest BCUT2D eigenvalue weighted by Gasteiger charge is -2.24. The summed E-state index contributed by atoms with van der Waals surface area (Å²) in [6.45, 7) is 3.36. The van der Waals surface area contributed by atoms with Crippen molar-refractivity contribution < 1.29 is 18.0 Å². The number of amides is 1. The van der Waals surface area contributed by atoms with E-state index in [0.29, 0.717) is 12.1 Å². The molecule has 2 unspecified atom stereocenters. The monoisotopic (exact) mass is 300 g/mol. The molecule has 1 heterocycles. The van der Waals surface area contributed by atoms with Crippen LogP contribution in [0.5, 0.6) is 0 Å². The number of nitrogens with one attached hydrogen (secondary N) is 2. The molecular formula is C15H19F3N2O. The maximum atomic E-state index is 12.5. The molecule has 2 N–H and O–H groups in total. The molecule has 0 aromatic heterocycles. The summed E-state index contributed by atoms with van der Waals surface area (Å²) in [6.07, 6.45) is -2.52. The smallest absolute Gasteiger partial charge is 0.349 e. The summed E-state index contributed by atoms with van der Waals surface area (Å²) in [5.41, 5.74) is -0.0126. The summed E-state index contributed by atoms with van der Waals surface area (Å²) in [4.78, 5) is 12.1. The second-order valence-corrected chi connectivity index (χ2v) is 5.39. The molecule has 1 amide bonds. The number of benzene rings is 1. The Labute approximate surface area is 121 Å². The minimum Gasteiger partial charge on any atom is -0.349 e. The lowest BCUT2D eigenvalue weighted by molar-refractivity contribution is -0.137. The fourth-order valence-corrected chi connectivity index (χ4v) is 2.45. The number of alkyl halides is 3. The quantitative estimate of drug-likeness (QED) is 0.901. The average Bonchev–Trinajstić information content (AvgIpc) is 2.47. The van der Waals surface area contributed by atoms with Crippen molar-refractivity contribution in [2.45, 2.75) is 32.0 Å². The first-order valence-corrected chi connectivity index (χ1v) is 7.06. The third-order valence-electron chi connectivity index (χ3n) is 3.76. The Balaban J connectivity index is 1.96. The maximum Gasteiger partial charge on any atom is 0.416 e. The van der Waals surface area contributed by atoms with E-state index in [9.17, 15) is 18.0 Å². The Morgan fingerprint density at radius 2 is 2.00 bits per heavy atom. The molecule has 0 aliphatic carbocycles. The molecule has 0 radical (unpaired) electrons. The summed E-state index contributed by atoms with van der Waals surface area (Å²) < 4.78 is 37.5. The van der Waals surface area contributed by atoms with Gasteiger partial charge in [-0.25, -0.2) is 0 Å². The molecule has 116 valence electrons. The Hall–Kier alpha value is -1.56. The molecule has 1 aliphatic heterocycles. The Morgan fingerprint density at radius 3 is 2.52 bits per heavy atom. The van der Waals surface area contributed by atoms with Gasteiger partial charge in [-0.15, -0.1) is 0 Å². The van der Waals surface area contributed by atoms with Crippen LogP contribution in [0.2, 0.25) is 0 Å². The van der Waals surface area contributed by atoms with Gasteiger partial charge < -0.3 is 10.6 Å². The van der Waals surface area contributed by atoms with Crippen LogP contribution < -0.4 is 10.6 Å². The summed E-state index contributed by atoms with van der Waals surface area (Å²) in [5, 5.41) is 6.03. The van der Waals surface area contributed by atoms with Crippen molar-refractivity contribution in [2.75, 3.05) is 13.1 Å². The number of carbonyl (C=O) groups excluding carboxylic acids is 1. The van der Waals surface area contributed by atoms with E-state index in [1.165, 1.54) is 12.1 Å². The molecule has 1 aliphatic rings. The van der Waals surface area contributed by atoms with Crippen LogP contribution in [0.25, 0.3) is 0 Å². The second kappa shape index (κ2) is 6.47. The summed E-state index contributed by atoms with van der Waals surface area (Å²) in [5.74, 6) is -0.106. The van der Waals surface area contributed by atoms with E-state index in [2.05, 4.69) is 10.6 Å². The van der Waals surface area contributed by atoms with E-state index < -0.39 is 11.7 Å². The first-order chi connectivity index (χ1) is 9.88. The number of hydrogen-bond acceptors (Lipinski definition) is 2. The second-order valence-electron chi connectivity index (χ2n) is 5.39. The van der Waals surface area contributed by atoms with Gasteiger partial charge in [0.05, 0.1) is 17.5 Å². The van der Waals surface area contributed by atoms with Crippen molar-refractivity contribution >= 4 is 5.91 Å². The molecule has 0 saturated carbocycles. The van der Waals surface area contributed by atoms with E-state index in [-0.39, 0.29) is 17.9 Å². The summed E-state index contributed by atoms with van der Waals surface area (Å²) in [6, 6.07) is 4.60.